The Morgan fingerprint density at radius 1 is 0.962 bits per heavy atom. The number of rotatable bonds is 5. The van der Waals surface area contributed by atoms with E-state index in [1.54, 1.807) is 67.8 Å². The summed E-state index contributed by atoms with van der Waals surface area (Å²) < 4.78 is 0. The number of benzene rings is 2. The van der Waals surface area contributed by atoms with E-state index in [0.717, 1.165) is 0 Å². The minimum Gasteiger partial charge on any atom is -0.508 e. The minimum absolute atomic E-state index is 0.0213. The molecule has 1 atom stereocenters. The van der Waals surface area contributed by atoms with E-state index in [1.165, 1.54) is 6.07 Å². The number of phenols is 1. The van der Waals surface area contributed by atoms with Crippen LogP contribution in [0.25, 0.3) is 0 Å². The van der Waals surface area contributed by atoms with Crippen molar-refractivity contribution in [1.29, 1.82) is 0 Å². The first-order chi connectivity index (χ1) is 12.6. The predicted octanol–water partition coefficient (Wildman–Crippen LogP) is 3.76. The molecule has 5 heteroatoms. The molecule has 1 heterocycles. The smallest absolute Gasteiger partial charge is 0.231 e. The van der Waals surface area contributed by atoms with Crippen LogP contribution in [0.1, 0.15) is 34.3 Å². The number of ketones is 1. The third-order valence-electron chi connectivity index (χ3n) is 4.13. The Morgan fingerprint density at radius 2 is 1.65 bits per heavy atom. The van der Waals surface area contributed by atoms with Gasteiger partial charge in [0.05, 0.1) is 5.92 Å². The summed E-state index contributed by atoms with van der Waals surface area (Å²) in [7, 11) is 0. The molecule has 0 spiro atoms. The molecule has 0 saturated heterocycles. The molecule has 2 N–H and O–H groups in total. The maximum atomic E-state index is 12.6. The van der Waals surface area contributed by atoms with Crippen LogP contribution >= 0.6 is 0 Å². The number of hydrogen-bond donors (Lipinski definition) is 2. The highest BCUT2D eigenvalue weighted by atomic mass is 16.3. The average Bonchev–Trinajstić information content (AvgIpc) is 2.68. The summed E-state index contributed by atoms with van der Waals surface area (Å²) in [5, 5.41) is 12.9. The molecule has 0 radical (unpaired) electrons. The number of aromatic hydroxyl groups is 1. The maximum Gasteiger partial charge on any atom is 0.231 e. The molecule has 0 bridgehead atoms. The molecule has 0 saturated carbocycles. The fraction of sp³-hybridized carbons (Fsp3) is 0.0952. The van der Waals surface area contributed by atoms with Gasteiger partial charge in [0.1, 0.15) is 5.75 Å². The number of carbonyl (C=O) groups is 2. The van der Waals surface area contributed by atoms with Crippen LogP contribution < -0.4 is 5.32 Å². The van der Waals surface area contributed by atoms with Gasteiger partial charge in [0.15, 0.2) is 5.78 Å². The normalized spacial score (nSPS) is 11.6. The van der Waals surface area contributed by atoms with Crippen molar-refractivity contribution in [1.82, 2.24) is 4.98 Å². The number of anilines is 1. The highest BCUT2D eigenvalue weighted by molar-refractivity contribution is 6.09. The van der Waals surface area contributed by atoms with Crippen molar-refractivity contribution in [2.75, 3.05) is 5.32 Å². The molecule has 0 fully saturated rings. The van der Waals surface area contributed by atoms with Gasteiger partial charge in [-0.15, -0.1) is 0 Å². The molecule has 26 heavy (non-hydrogen) atoms. The van der Waals surface area contributed by atoms with Crippen LogP contribution in [0.5, 0.6) is 5.75 Å². The molecule has 1 aromatic heterocycles. The molecule has 0 aliphatic rings. The number of hydrogen-bond acceptors (Lipinski definition) is 4. The van der Waals surface area contributed by atoms with Gasteiger partial charge in [-0.3, -0.25) is 14.6 Å². The summed E-state index contributed by atoms with van der Waals surface area (Å²) >= 11 is 0. The highest BCUT2D eigenvalue weighted by Gasteiger charge is 2.21. The summed E-state index contributed by atoms with van der Waals surface area (Å²) in [5.41, 5.74) is 2.00. The lowest BCUT2D eigenvalue weighted by Gasteiger charge is -2.15. The second-order valence-electron chi connectivity index (χ2n) is 5.92. The molecule has 0 aliphatic heterocycles. The van der Waals surface area contributed by atoms with E-state index in [2.05, 4.69) is 10.3 Å². The maximum absolute atomic E-state index is 12.6. The fourth-order valence-electron chi connectivity index (χ4n) is 2.63. The Morgan fingerprint density at radius 3 is 2.35 bits per heavy atom. The number of nitrogens with zero attached hydrogens (tertiary/aromatic N) is 1. The van der Waals surface area contributed by atoms with Gasteiger partial charge in [-0.25, -0.2) is 0 Å². The van der Waals surface area contributed by atoms with Gasteiger partial charge in [-0.2, -0.15) is 0 Å². The van der Waals surface area contributed by atoms with E-state index in [9.17, 15) is 14.7 Å². The van der Waals surface area contributed by atoms with Gasteiger partial charge < -0.3 is 10.4 Å². The minimum atomic E-state index is -0.633. The van der Waals surface area contributed by atoms with Crippen LogP contribution in [0, 0.1) is 0 Å². The van der Waals surface area contributed by atoms with Crippen LogP contribution in [0.3, 0.4) is 0 Å². The van der Waals surface area contributed by atoms with E-state index in [4.69, 9.17) is 0 Å². The lowest BCUT2D eigenvalue weighted by Crippen LogP contribution is -2.19. The number of aromatic nitrogens is 1. The van der Waals surface area contributed by atoms with Crippen molar-refractivity contribution in [2.24, 2.45) is 0 Å². The van der Waals surface area contributed by atoms with E-state index in [1.807, 2.05) is 6.07 Å². The van der Waals surface area contributed by atoms with E-state index >= 15 is 0 Å². The Kier molecular flexibility index (Phi) is 5.08. The largest absolute Gasteiger partial charge is 0.508 e. The third kappa shape index (κ3) is 3.78. The Labute approximate surface area is 151 Å². The second kappa shape index (κ2) is 7.61. The molecule has 5 nitrogen and oxygen atoms in total. The lowest BCUT2D eigenvalue weighted by molar-refractivity contribution is -0.117. The van der Waals surface area contributed by atoms with Crippen molar-refractivity contribution >= 4 is 17.4 Å². The molecule has 3 rings (SSSR count). The van der Waals surface area contributed by atoms with Crippen LogP contribution in [-0.2, 0) is 4.79 Å². The zero-order valence-corrected chi connectivity index (χ0v) is 14.2. The van der Waals surface area contributed by atoms with Crippen molar-refractivity contribution < 1.29 is 14.7 Å². The van der Waals surface area contributed by atoms with Gasteiger partial charge in [-0.05, 0) is 37.3 Å². The third-order valence-corrected chi connectivity index (χ3v) is 4.13. The van der Waals surface area contributed by atoms with Crippen molar-refractivity contribution in [3.63, 3.8) is 0 Å². The van der Waals surface area contributed by atoms with Gasteiger partial charge in [0.25, 0.3) is 0 Å². The summed E-state index contributed by atoms with van der Waals surface area (Å²) in [6, 6.07) is 16.8. The zero-order valence-electron chi connectivity index (χ0n) is 14.2. The number of amides is 1. The predicted molar refractivity (Wildman–Crippen MR) is 99.3 cm³/mol. The molecular formula is C21H18N2O3. The average molecular weight is 346 g/mol. The molecule has 1 amide bonds. The van der Waals surface area contributed by atoms with Crippen LogP contribution in [-0.4, -0.2) is 21.8 Å². The zero-order chi connectivity index (χ0) is 18.5. The second-order valence-corrected chi connectivity index (χ2v) is 5.92. The number of nitrogens with one attached hydrogen (secondary N) is 1. The van der Waals surface area contributed by atoms with Gasteiger partial charge in [-0.1, -0.05) is 30.3 Å². The first kappa shape index (κ1) is 17.4. The lowest BCUT2D eigenvalue weighted by atomic mass is 9.94. The van der Waals surface area contributed by atoms with Gasteiger partial charge in [0, 0.05) is 34.8 Å². The van der Waals surface area contributed by atoms with Crippen LogP contribution in [0.4, 0.5) is 5.69 Å². The van der Waals surface area contributed by atoms with Crippen LogP contribution in [0.2, 0.25) is 0 Å². The van der Waals surface area contributed by atoms with Crippen molar-refractivity contribution in [3.05, 3.63) is 89.7 Å². The summed E-state index contributed by atoms with van der Waals surface area (Å²) in [4.78, 5) is 29.0. The molecule has 130 valence electrons. The standard InChI is InChI=1S/C21H18N2O3/c1-14(21(26)23-17-9-11-22-12-10-17)18-13-16(7-8-19(18)24)20(25)15-5-3-2-4-6-15/h2-14,24H,1H3,(H,22,23,26). The number of pyridine rings is 1. The summed E-state index contributed by atoms with van der Waals surface area (Å²) in [6.07, 6.45) is 3.16. The Bertz CT molecular complexity index is 925. The molecule has 0 aliphatic carbocycles. The molecule has 1 unspecified atom stereocenters. The Balaban J connectivity index is 1.85. The topological polar surface area (TPSA) is 79.3 Å². The van der Waals surface area contributed by atoms with Crippen molar-refractivity contribution in [3.8, 4) is 5.75 Å². The quantitative estimate of drug-likeness (QED) is 0.690. The van der Waals surface area contributed by atoms with E-state index in [0.29, 0.717) is 22.4 Å². The van der Waals surface area contributed by atoms with Crippen molar-refractivity contribution in [2.45, 2.75) is 12.8 Å². The summed E-state index contributed by atoms with van der Waals surface area (Å²) in [6.45, 7) is 1.68. The fourth-order valence-corrected chi connectivity index (χ4v) is 2.63. The van der Waals surface area contributed by atoms with E-state index in [-0.39, 0.29) is 17.4 Å². The molecule has 2 aromatic carbocycles. The molecular weight excluding hydrogens is 328 g/mol. The number of carbonyl (C=O) groups excluding carboxylic acids is 2. The van der Waals surface area contributed by atoms with E-state index < -0.39 is 5.92 Å². The first-order valence-corrected chi connectivity index (χ1v) is 8.20. The Hall–Kier alpha value is -3.47. The SMILES string of the molecule is CC(C(=O)Nc1ccncc1)c1cc(C(=O)c2ccccc2)ccc1O. The molecule has 3 aromatic rings. The van der Waals surface area contributed by atoms with Gasteiger partial charge in [0.2, 0.25) is 5.91 Å². The monoisotopic (exact) mass is 346 g/mol. The van der Waals surface area contributed by atoms with Gasteiger partial charge >= 0.3 is 0 Å². The number of phenolic OH excluding ortho intramolecular Hbond substituents is 1. The van der Waals surface area contributed by atoms with Crippen LogP contribution in [0.15, 0.2) is 73.1 Å². The summed E-state index contributed by atoms with van der Waals surface area (Å²) in [5.74, 6) is -1.09. The highest BCUT2D eigenvalue weighted by Crippen LogP contribution is 2.28. The first-order valence-electron chi connectivity index (χ1n) is 8.20.